The van der Waals surface area contributed by atoms with E-state index in [2.05, 4.69) is 9.97 Å². The van der Waals surface area contributed by atoms with Gasteiger partial charge in [-0.05, 0) is 19.1 Å². The number of aromatic nitrogens is 2. The summed E-state index contributed by atoms with van der Waals surface area (Å²) in [6, 6.07) is 8.34. The number of anilines is 1. The fraction of sp³-hybridized carbons (Fsp3) is 0.214. The number of hydrogen-bond donors (Lipinski definition) is 1. The van der Waals surface area contributed by atoms with E-state index in [1.165, 1.54) is 6.07 Å². The lowest BCUT2D eigenvalue weighted by atomic mass is 10.2. The molecular formula is C14H15FN4S. The quantitative estimate of drug-likeness (QED) is 0.875. The highest BCUT2D eigenvalue weighted by atomic mass is 32.1. The van der Waals surface area contributed by atoms with Crippen LogP contribution in [0.1, 0.15) is 17.0 Å². The molecule has 0 fully saturated rings. The van der Waals surface area contributed by atoms with Crippen LogP contribution in [-0.2, 0) is 6.54 Å². The van der Waals surface area contributed by atoms with Gasteiger partial charge in [0.15, 0.2) is 0 Å². The van der Waals surface area contributed by atoms with Crippen LogP contribution in [0.2, 0.25) is 0 Å². The first kappa shape index (κ1) is 14.3. The molecule has 2 aromatic rings. The van der Waals surface area contributed by atoms with Crippen molar-refractivity contribution in [2.75, 3.05) is 11.9 Å². The van der Waals surface area contributed by atoms with E-state index in [1.807, 2.05) is 6.92 Å². The van der Waals surface area contributed by atoms with Crippen molar-refractivity contribution in [2.45, 2.75) is 13.5 Å². The summed E-state index contributed by atoms with van der Waals surface area (Å²) in [6.07, 6.45) is 0. The van der Waals surface area contributed by atoms with E-state index >= 15 is 0 Å². The fourth-order valence-electron chi connectivity index (χ4n) is 1.80. The number of nitrogens with zero attached hydrogens (tertiary/aromatic N) is 3. The first-order chi connectivity index (χ1) is 9.47. The third-order valence-corrected chi connectivity index (χ3v) is 3.01. The zero-order valence-electron chi connectivity index (χ0n) is 11.3. The summed E-state index contributed by atoms with van der Waals surface area (Å²) in [6.45, 7) is 2.21. The molecule has 0 spiro atoms. The van der Waals surface area contributed by atoms with Gasteiger partial charge in [0.1, 0.15) is 16.5 Å². The molecule has 2 N–H and O–H groups in total. The van der Waals surface area contributed by atoms with E-state index < -0.39 is 0 Å². The van der Waals surface area contributed by atoms with Crippen LogP contribution in [0, 0.1) is 12.7 Å². The van der Waals surface area contributed by atoms with Crippen LogP contribution in [0.5, 0.6) is 0 Å². The minimum Gasteiger partial charge on any atom is -0.388 e. The zero-order valence-corrected chi connectivity index (χ0v) is 12.1. The van der Waals surface area contributed by atoms with E-state index in [9.17, 15) is 4.39 Å². The molecule has 0 aliphatic rings. The lowest BCUT2D eigenvalue weighted by molar-refractivity contribution is 0.607. The summed E-state index contributed by atoms with van der Waals surface area (Å²) < 4.78 is 13.6. The van der Waals surface area contributed by atoms with Crippen molar-refractivity contribution in [1.82, 2.24) is 9.97 Å². The van der Waals surface area contributed by atoms with Crippen LogP contribution in [0.25, 0.3) is 0 Å². The summed E-state index contributed by atoms with van der Waals surface area (Å²) in [5.41, 5.74) is 7.45. The molecule has 1 aromatic heterocycles. The molecule has 1 aromatic carbocycles. The topological polar surface area (TPSA) is 55.0 Å². The van der Waals surface area contributed by atoms with Crippen LogP contribution < -0.4 is 10.6 Å². The molecule has 0 bridgehead atoms. The molecule has 6 heteroatoms. The number of halogens is 1. The predicted octanol–water partition coefficient (Wildman–Crippen LogP) is 2.19. The van der Waals surface area contributed by atoms with Gasteiger partial charge in [-0.1, -0.05) is 30.4 Å². The number of benzene rings is 1. The SMILES string of the molecule is Cc1cc(C(N)=S)nc(N(C)Cc2ccccc2F)n1. The Hall–Kier alpha value is -2.08. The summed E-state index contributed by atoms with van der Waals surface area (Å²) in [7, 11) is 1.80. The summed E-state index contributed by atoms with van der Waals surface area (Å²) >= 11 is 4.93. The van der Waals surface area contributed by atoms with Gasteiger partial charge in [-0.3, -0.25) is 0 Å². The number of nitrogens with two attached hydrogens (primary N) is 1. The highest BCUT2D eigenvalue weighted by Gasteiger charge is 2.11. The highest BCUT2D eigenvalue weighted by Crippen LogP contribution is 2.14. The average molecular weight is 290 g/mol. The third kappa shape index (κ3) is 3.27. The maximum Gasteiger partial charge on any atom is 0.226 e. The standard InChI is InChI=1S/C14H15FN4S/c1-9-7-12(13(16)20)18-14(17-9)19(2)8-10-5-3-4-6-11(10)15/h3-7H,8H2,1-2H3,(H2,16,20). The van der Waals surface area contributed by atoms with Gasteiger partial charge in [0, 0.05) is 24.8 Å². The Morgan fingerprint density at radius 1 is 1.35 bits per heavy atom. The molecule has 0 aliphatic heterocycles. The number of rotatable bonds is 4. The Morgan fingerprint density at radius 2 is 2.05 bits per heavy atom. The number of aryl methyl sites for hydroxylation is 1. The van der Waals surface area contributed by atoms with Crippen LogP contribution in [0.15, 0.2) is 30.3 Å². The van der Waals surface area contributed by atoms with Crippen molar-refractivity contribution in [2.24, 2.45) is 5.73 Å². The maximum absolute atomic E-state index is 13.6. The minimum absolute atomic E-state index is 0.219. The first-order valence-corrected chi connectivity index (χ1v) is 6.48. The Labute approximate surface area is 122 Å². The Morgan fingerprint density at radius 3 is 2.70 bits per heavy atom. The van der Waals surface area contributed by atoms with Gasteiger partial charge >= 0.3 is 0 Å². The third-order valence-electron chi connectivity index (χ3n) is 2.80. The maximum atomic E-state index is 13.6. The van der Waals surface area contributed by atoms with Crippen LogP contribution in [-0.4, -0.2) is 22.0 Å². The zero-order chi connectivity index (χ0) is 14.7. The second-order valence-corrected chi connectivity index (χ2v) is 4.95. The highest BCUT2D eigenvalue weighted by molar-refractivity contribution is 7.80. The van der Waals surface area contributed by atoms with E-state index in [4.69, 9.17) is 18.0 Å². The van der Waals surface area contributed by atoms with Gasteiger partial charge in [0.05, 0.1) is 0 Å². The molecule has 4 nitrogen and oxygen atoms in total. The second-order valence-electron chi connectivity index (χ2n) is 4.51. The molecule has 1 heterocycles. The Bertz CT molecular complexity index is 645. The minimum atomic E-state index is -0.249. The lowest BCUT2D eigenvalue weighted by Gasteiger charge is -2.18. The second kappa shape index (κ2) is 5.92. The monoisotopic (exact) mass is 290 g/mol. The van der Waals surface area contributed by atoms with Crippen molar-refractivity contribution in [3.63, 3.8) is 0 Å². The van der Waals surface area contributed by atoms with Gasteiger partial charge in [-0.25, -0.2) is 14.4 Å². The smallest absolute Gasteiger partial charge is 0.226 e. The van der Waals surface area contributed by atoms with E-state index in [-0.39, 0.29) is 10.8 Å². The van der Waals surface area contributed by atoms with Crippen molar-refractivity contribution in [1.29, 1.82) is 0 Å². The number of thiocarbonyl (C=S) groups is 1. The molecule has 0 unspecified atom stereocenters. The molecule has 2 rings (SSSR count). The predicted molar refractivity (Wildman–Crippen MR) is 81.2 cm³/mol. The molecule has 0 saturated carbocycles. The van der Waals surface area contributed by atoms with Gasteiger partial charge in [0.2, 0.25) is 5.95 Å². The van der Waals surface area contributed by atoms with Crippen molar-refractivity contribution < 1.29 is 4.39 Å². The van der Waals surface area contributed by atoms with Gasteiger partial charge in [-0.15, -0.1) is 0 Å². The molecule has 20 heavy (non-hydrogen) atoms. The summed E-state index contributed by atoms with van der Waals surface area (Å²) in [5.74, 6) is 0.220. The van der Waals surface area contributed by atoms with Crippen molar-refractivity contribution in [3.05, 3.63) is 53.1 Å². The molecule has 104 valence electrons. The molecule has 0 saturated heterocycles. The fourth-order valence-corrected chi connectivity index (χ4v) is 1.91. The van der Waals surface area contributed by atoms with E-state index in [0.29, 0.717) is 23.8 Å². The number of hydrogen-bond acceptors (Lipinski definition) is 4. The Kier molecular flexibility index (Phi) is 4.24. The van der Waals surface area contributed by atoms with Crippen LogP contribution in [0.4, 0.5) is 10.3 Å². The largest absolute Gasteiger partial charge is 0.388 e. The average Bonchev–Trinajstić information content (AvgIpc) is 2.40. The lowest BCUT2D eigenvalue weighted by Crippen LogP contribution is -2.22. The van der Waals surface area contributed by atoms with E-state index in [1.54, 1.807) is 36.2 Å². The van der Waals surface area contributed by atoms with Gasteiger partial charge in [-0.2, -0.15) is 0 Å². The first-order valence-electron chi connectivity index (χ1n) is 6.07. The van der Waals surface area contributed by atoms with Crippen molar-refractivity contribution >= 4 is 23.2 Å². The van der Waals surface area contributed by atoms with Crippen molar-refractivity contribution in [3.8, 4) is 0 Å². The van der Waals surface area contributed by atoms with Crippen LogP contribution >= 0.6 is 12.2 Å². The molecular weight excluding hydrogens is 275 g/mol. The molecule has 0 radical (unpaired) electrons. The van der Waals surface area contributed by atoms with Gasteiger partial charge in [0.25, 0.3) is 0 Å². The molecule has 0 aliphatic carbocycles. The van der Waals surface area contributed by atoms with Gasteiger partial charge < -0.3 is 10.6 Å². The van der Waals surface area contributed by atoms with Crippen LogP contribution in [0.3, 0.4) is 0 Å². The summed E-state index contributed by atoms with van der Waals surface area (Å²) in [5, 5.41) is 0. The molecule has 0 amide bonds. The Balaban J connectivity index is 2.27. The summed E-state index contributed by atoms with van der Waals surface area (Å²) in [4.78, 5) is 10.6. The van der Waals surface area contributed by atoms with E-state index in [0.717, 1.165) is 5.69 Å². The normalized spacial score (nSPS) is 10.3. The molecule has 0 atom stereocenters.